The van der Waals surface area contributed by atoms with Crippen LogP contribution >= 0.6 is 0 Å². The van der Waals surface area contributed by atoms with Crippen LogP contribution in [0, 0.1) is 7.43 Å². The second-order valence-electron chi connectivity index (χ2n) is 10.7. The Bertz CT molecular complexity index is 974. The van der Waals surface area contributed by atoms with Crippen LogP contribution in [-0.4, -0.2) is 97.9 Å². The van der Waals surface area contributed by atoms with Gasteiger partial charge in [0.1, 0.15) is 5.54 Å². The molecular formula is C28H39CuN4O-. The van der Waals surface area contributed by atoms with Gasteiger partial charge in [0.15, 0.2) is 5.78 Å². The van der Waals surface area contributed by atoms with Crippen LogP contribution in [0.1, 0.15) is 18.1 Å². The van der Waals surface area contributed by atoms with Crippen LogP contribution in [0.2, 0.25) is 0 Å². The first-order valence-electron chi connectivity index (χ1n) is 11.8. The van der Waals surface area contributed by atoms with Crippen LogP contribution in [0.3, 0.4) is 0 Å². The van der Waals surface area contributed by atoms with Gasteiger partial charge in [-0.15, -0.1) is 0 Å². The fourth-order valence-corrected chi connectivity index (χ4v) is 6.88. The number of likely N-dealkylation sites (N-methyl/N-ethyl adjacent to an activating group) is 3. The Hall–Kier alpha value is -1.53. The van der Waals surface area contributed by atoms with E-state index < -0.39 is 11.0 Å². The van der Waals surface area contributed by atoms with Gasteiger partial charge in [0, 0.05) is 68.4 Å². The third-order valence-corrected chi connectivity index (χ3v) is 8.05. The van der Waals surface area contributed by atoms with Crippen LogP contribution in [-0.2, 0) is 32.8 Å². The molecule has 5 nitrogen and oxygen atoms in total. The number of likely N-dealkylation sites (tertiary alicyclic amines) is 2. The van der Waals surface area contributed by atoms with E-state index in [9.17, 15) is 4.79 Å². The van der Waals surface area contributed by atoms with Crippen molar-refractivity contribution in [3.63, 3.8) is 0 Å². The van der Waals surface area contributed by atoms with Gasteiger partial charge in [-0.05, 0) is 39.2 Å². The summed E-state index contributed by atoms with van der Waals surface area (Å²) in [6.07, 6.45) is 0. The van der Waals surface area contributed by atoms with Crippen LogP contribution in [0.4, 0.5) is 0 Å². The molecule has 0 N–H and O–H groups in total. The van der Waals surface area contributed by atoms with Gasteiger partial charge in [0.2, 0.25) is 0 Å². The number of ketones is 1. The summed E-state index contributed by atoms with van der Waals surface area (Å²) in [5.74, 6) is 0.372. The van der Waals surface area contributed by atoms with Crippen LogP contribution < -0.4 is 0 Å². The zero-order valence-corrected chi connectivity index (χ0v) is 22.2. The molecule has 189 valence electrons. The smallest absolute Gasteiger partial charge is 0.172 e. The zero-order chi connectivity index (χ0) is 22.6. The fraction of sp³-hybridized carbons (Fsp3) is 0.500. The van der Waals surface area contributed by atoms with E-state index in [0.717, 1.165) is 56.9 Å². The first kappa shape index (κ1) is 27.1. The summed E-state index contributed by atoms with van der Waals surface area (Å²) in [5.41, 5.74) is 0.970. The van der Waals surface area contributed by atoms with Gasteiger partial charge in [0.25, 0.3) is 0 Å². The van der Waals surface area contributed by atoms with Crippen molar-refractivity contribution in [2.24, 2.45) is 0 Å². The maximum atomic E-state index is 14.7. The van der Waals surface area contributed by atoms with Crippen molar-refractivity contribution in [3.8, 4) is 0 Å². The summed E-state index contributed by atoms with van der Waals surface area (Å²) in [6, 6.07) is 21.1. The number of fused-ring (bicyclic) bond motifs is 2. The number of rotatable bonds is 3. The average Bonchev–Trinajstić information content (AvgIpc) is 2.88. The molecule has 2 bridgehead atoms. The molecule has 1 radical (unpaired) electrons. The number of carbonyl (C=O) groups is 1. The van der Waals surface area contributed by atoms with Crippen molar-refractivity contribution in [1.82, 2.24) is 19.6 Å². The topological polar surface area (TPSA) is 30.0 Å². The predicted octanol–water partition coefficient (Wildman–Crippen LogP) is 2.73. The summed E-state index contributed by atoms with van der Waals surface area (Å²) in [6.45, 7) is 8.64. The monoisotopic (exact) mass is 510 g/mol. The summed E-state index contributed by atoms with van der Waals surface area (Å²) >= 11 is 0. The van der Waals surface area contributed by atoms with Crippen molar-refractivity contribution < 1.29 is 21.9 Å². The Morgan fingerprint density at radius 1 is 0.676 bits per heavy atom. The Morgan fingerprint density at radius 3 is 1.71 bits per heavy atom. The van der Waals surface area contributed by atoms with Crippen molar-refractivity contribution in [2.45, 2.75) is 23.4 Å². The van der Waals surface area contributed by atoms with Gasteiger partial charge < -0.3 is 22.1 Å². The largest absolute Gasteiger partial charge is 0.358 e. The van der Waals surface area contributed by atoms with E-state index in [-0.39, 0.29) is 30.0 Å². The summed E-state index contributed by atoms with van der Waals surface area (Å²) in [5, 5.41) is 0. The molecular weight excluding hydrogens is 472 g/mol. The number of benzene rings is 2. The molecule has 6 heteroatoms. The Kier molecular flexibility index (Phi) is 7.84. The predicted molar refractivity (Wildman–Crippen MR) is 135 cm³/mol. The molecule has 3 aliphatic heterocycles. The summed E-state index contributed by atoms with van der Waals surface area (Å²) in [7, 11) is 6.62. The van der Waals surface area contributed by atoms with Crippen molar-refractivity contribution >= 4 is 5.78 Å². The van der Waals surface area contributed by atoms with E-state index in [1.165, 1.54) is 0 Å². The maximum Gasteiger partial charge on any atom is 0.172 e. The average molecular weight is 511 g/mol. The maximum absolute atomic E-state index is 14.7. The molecule has 1 unspecified atom stereocenters. The fourth-order valence-electron chi connectivity index (χ4n) is 6.88. The van der Waals surface area contributed by atoms with Gasteiger partial charge in [-0.3, -0.25) is 9.69 Å². The molecule has 0 spiro atoms. The third-order valence-electron chi connectivity index (χ3n) is 8.05. The molecule has 0 aromatic heterocycles. The molecule has 0 aliphatic carbocycles. The zero-order valence-electron chi connectivity index (χ0n) is 21.2. The number of Topliss-reactive ketones (excluding diaryl/α,β-unsaturated/α-hetero) is 1. The molecule has 2 atom stereocenters. The van der Waals surface area contributed by atoms with E-state index in [0.29, 0.717) is 5.78 Å². The van der Waals surface area contributed by atoms with Gasteiger partial charge in [-0.25, -0.2) is 0 Å². The standard InChI is InChI=1S/C27H36N4O.CH3.Cu/c1-25(17-28(2)15-16-29(3)18-25)31-20-26(22-11-7-5-8-12-22)19-30(4)21-27(31,24(26)32)23-13-9-6-10-14-23;;/h5-14H,15-21H2,1-4H3;1H3;/q;-1;/t26-,27?;;/m1../s1. The molecule has 2 aromatic rings. The van der Waals surface area contributed by atoms with Gasteiger partial charge in [-0.1, -0.05) is 60.7 Å². The van der Waals surface area contributed by atoms with Gasteiger partial charge in [-0.2, -0.15) is 0 Å². The molecule has 0 saturated carbocycles. The number of nitrogens with zero attached hydrogens (tertiary/aromatic N) is 4. The molecule has 3 heterocycles. The minimum Gasteiger partial charge on any atom is -0.358 e. The minimum absolute atomic E-state index is 0. The summed E-state index contributed by atoms with van der Waals surface area (Å²) in [4.78, 5) is 24.6. The molecule has 0 amide bonds. The van der Waals surface area contributed by atoms with Crippen LogP contribution in [0.15, 0.2) is 60.7 Å². The molecule has 3 aliphatic rings. The molecule has 2 aromatic carbocycles. The second kappa shape index (κ2) is 9.85. The van der Waals surface area contributed by atoms with E-state index in [1.54, 1.807) is 0 Å². The first-order valence-corrected chi connectivity index (χ1v) is 11.8. The SMILES string of the molecule is CN1CCN(C)CC(C)(N2C[C@@]3(c4ccccc4)CN(C)CC2(c2ccccc2)C3=O)C1.[CH3-].[Cu]. The van der Waals surface area contributed by atoms with Crippen molar-refractivity contribution in [2.75, 3.05) is 67.0 Å². The van der Waals surface area contributed by atoms with Gasteiger partial charge in [0.05, 0.1) is 5.41 Å². The number of hydrogen-bond acceptors (Lipinski definition) is 5. The normalized spacial score (nSPS) is 30.3. The molecule has 34 heavy (non-hydrogen) atoms. The summed E-state index contributed by atoms with van der Waals surface area (Å²) < 4.78 is 0. The van der Waals surface area contributed by atoms with Crippen LogP contribution in [0.25, 0.3) is 0 Å². The first-order chi connectivity index (χ1) is 15.3. The Labute approximate surface area is 216 Å². The van der Waals surface area contributed by atoms with E-state index >= 15 is 0 Å². The van der Waals surface area contributed by atoms with E-state index in [4.69, 9.17) is 0 Å². The molecule has 3 saturated heterocycles. The number of carbonyl (C=O) groups excluding carboxylic acids is 1. The number of piperidine rings is 1. The minimum atomic E-state index is -0.648. The molecule has 5 rings (SSSR count). The third kappa shape index (κ3) is 4.09. The molecule has 3 fully saturated rings. The quantitative estimate of drug-likeness (QED) is 0.468. The van der Waals surface area contributed by atoms with Crippen LogP contribution in [0.5, 0.6) is 0 Å². The van der Waals surface area contributed by atoms with Gasteiger partial charge >= 0.3 is 0 Å². The number of hydrogen-bond donors (Lipinski definition) is 0. The van der Waals surface area contributed by atoms with E-state index in [2.05, 4.69) is 102 Å². The van der Waals surface area contributed by atoms with E-state index in [1.807, 2.05) is 6.07 Å². The Morgan fingerprint density at radius 2 is 1.18 bits per heavy atom. The van der Waals surface area contributed by atoms with Crippen molar-refractivity contribution in [3.05, 3.63) is 79.2 Å². The van der Waals surface area contributed by atoms with Crippen molar-refractivity contribution in [1.29, 1.82) is 0 Å². The Balaban J connectivity index is 0.00000162. The second-order valence-corrected chi connectivity index (χ2v) is 10.7.